The highest BCUT2D eigenvalue weighted by atomic mass is 19.1. The van der Waals surface area contributed by atoms with Crippen LogP contribution in [-0.4, -0.2) is 21.9 Å². The molecule has 0 radical (unpaired) electrons. The lowest BCUT2D eigenvalue weighted by molar-refractivity contribution is -0.386. The third-order valence-electron chi connectivity index (χ3n) is 2.43. The standard InChI is InChI=1S/C12H8FN5O3/c1-15-12-16-6-10(18(19)20)11(17-12)21-8-3-2-7(5-14)9(13)4-8/h2-4,6H,1H3,(H,15,16,17). The number of nitriles is 1. The van der Waals surface area contributed by atoms with Crippen molar-refractivity contribution in [3.05, 3.63) is 45.9 Å². The van der Waals surface area contributed by atoms with Crippen LogP contribution in [0.4, 0.5) is 16.0 Å². The average molecular weight is 289 g/mol. The van der Waals surface area contributed by atoms with E-state index in [1.54, 1.807) is 6.07 Å². The van der Waals surface area contributed by atoms with E-state index in [0.717, 1.165) is 12.3 Å². The zero-order valence-corrected chi connectivity index (χ0v) is 10.7. The molecule has 2 aromatic rings. The molecule has 0 amide bonds. The fraction of sp³-hybridized carbons (Fsp3) is 0.0833. The number of nitrogens with one attached hydrogen (secondary N) is 1. The first-order valence-corrected chi connectivity index (χ1v) is 5.62. The Morgan fingerprint density at radius 2 is 2.29 bits per heavy atom. The lowest BCUT2D eigenvalue weighted by Gasteiger charge is -2.07. The van der Waals surface area contributed by atoms with Gasteiger partial charge in [0.15, 0.2) is 0 Å². The predicted octanol–water partition coefficient (Wildman–Crippen LogP) is 2.23. The summed E-state index contributed by atoms with van der Waals surface area (Å²) in [4.78, 5) is 17.7. The summed E-state index contributed by atoms with van der Waals surface area (Å²) in [7, 11) is 1.53. The van der Waals surface area contributed by atoms with Crippen LogP contribution in [0.5, 0.6) is 11.6 Å². The topological polar surface area (TPSA) is 114 Å². The van der Waals surface area contributed by atoms with Crippen LogP contribution in [0.1, 0.15) is 5.56 Å². The van der Waals surface area contributed by atoms with Crippen molar-refractivity contribution in [3.8, 4) is 17.7 Å². The molecule has 9 heteroatoms. The molecule has 0 saturated heterocycles. The van der Waals surface area contributed by atoms with Crippen LogP contribution in [0.2, 0.25) is 0 Å². The molecule has 8 nitrogen and oxygen atoms in total. The van der Waals surface area contributed by atoms with Gasteiger partial charge in [0.25, 0.3) is 0 Å². The van der Waals surface area contributed by atoms with Gasteiger partial charge in [-0.05, 0) is 12.1 Å². The Bertz CT molecular complexity index is 744. The number of nitro groups is 1. The Morgan fingerprint density at radius 3 is 2.86 bits per heavy atom. The highest BCUT2D eigenvalue weighted by Crippen LogP contribution is 2.30. The van der Waals surface area contributed by atoms with Crippen molar-refractivity contribution in [1.29, 1.82) is 5.26 Å². The van der Waals surface area contributed by atoms with Gasteiger partial charge in [-0.1, -0.05) is 0 Å². The lowest BCUT2D eigenvalue weighted by atomic mass is 10.2. The van der Waals surface area contributed by atoms with Crippen molar-refractivity contribution < 1.29 is 14.1 Å². The second-order valence-electron chi connectivity index (χ2n) is 3.75. The summed E-state index contributed by atoms with van der Waals surface area (Å²) in [5.74, 6) is -1.02. The summed E-state index contributed by atoms with van der Waals surface area (Å²) >= 11 is 0. The van der Waals surface area contributed by atoms with E-state index in [1.807, 2.05) is 0 Å². The van der Waals surface area contributed by atoms with Crippen molar-refractivity contribution in [2.45, 2.75) is 0 Å². The van der Waals surface area contributed by atoms with Crippen molar-refractivity contribution >= 4 is 11.6 Å². The predicted molar refractivity (Wildman–Crippen MR) is 69.4 cm³/mol. The molecule has 1 aromatic heterocycles. The third-order valence-corrected chi connectivity index (χ3v) is 2.43. The van der Waals surface area contributed by atoms with Gasteiger partial charge >= 0.3 is 11.6 Å². The van der Waals surface area contributed by atoms with Gasteiger partial charge < -0.3 is 10.1 Å². The largest absolute Gasteiger partial charge is 0.433 e. The number of halogens is 1. The van der Waals surface area contributed by atoms with E-state index in [1.165, 1.54) is 19.2 Å². The summed E-state index contributed by atoms with van der Waals surface area (Å²) in [5.41, 5.74) is -0.616. The Labute approximate surface area is 118 Å². The highest BCUT2D eigenvalue weighted by molar-refractivity contribution is 5.46. The van der Waals surface area contributed by atoms with Gasteiger partial charge in [0.1, 0.15) is 23.8 Å². The first-order chi connectivity index (χ1) is 10.0. The SMILES string of the molecule is CNc1ncc([N+](=O)[O-])c(Oc2ccc(C#N)c(F)c2)n1. The molecule has 0 atom stereocenters. The van der Waals surface area contributed by atoms with Gasteiger partial charge in [-0.2, -0.15) is 10.2 Å². The van der Waals surface area contributed by atoms with Crippen molar-refractivity contribution in [2.24, 2.45) is 0 Å². The molecular formula is C12H8FN5O3. The molecule has 0 aliphatic rings. The molecule has 0 bridgehead atoms. The minimum atomic E-state index is -0.791. The summed E-state index contributed by atoms with van der Waals surface area (Å²) < 4.78 is 18.7. The number of nitrogens with zero attached hydrogens (tertiary/aromatic N) is 4. The van der Waals surface area contributed by atoms with Crippen LogP contribution in [0.25, 0.3) is 0 Å². The van der Waals surface area contributed by atoms with E-state index >= 15 is 0 Å². The highest BCUT2D eigenvalue weighted by Gasteiger charge is 2.20. The number of aromatic nitrogens is 2. The normalized spacial score (nSPS) is 9.76. The maximum atomic E-state index is 13.5. The quantitative estimate of drug-likeness (QED) is 0.677. The molecule has 21 heavy (non-hydrogen) atoms. The molecule has 1 aromatic carbocycles. The summed E-state index contributed by atoms with van der Waals surface area (Å²) in [6.07, 6.45) is 0.980. The number of benzene rings is 1. The molecule has 1 heterocycles. The van der Waals surface area contributed by atoms with Gasteiger partial charge in [-0.25, -0.2) is 9.37 Å². The Kier molecular flexibility index (Phi) is 3.90. The zero-order chi connectivity index (χ0) is 15.4. The monoisotopic (exact) mass is 289 g/mol. The number of ether oxygens (including phenoxy) is 1. The molecular weight excluding hydrogens is 281 g/mol. The Hall–Kier alpha value is -3.28. The maximum Gasteiger partial charge on any atom is 0.349 e. The Morgan fingerprint density at radius 1 is 1.52 bits per heavy atom. The van der Waals surface area contributed by atoms with Crippen molar-refractivity contribution in [3.63, 3.8) is 0 Å². The fourth-order valence-electron chi connectivity index (χ4n) is 1.44. The maximum absolute atomic E-state index is 13.5. The van der Waals surface area contributed by atoms with Gasteiger partial charge in [-0.15, -0.1) is 0 Å². The molecule has 1 N–H and O–H groups in total. The van der Waals surface area contributed by atoms with Crippen LogP contribution < -0.4 is 10.1 Å². The summed E-state index contributed by atoms with van der Waals surface area (Å²) in [5, 5.41) is 22.1. The number of hydrogen-bond acceptors (Lipinski definition) is 7. The summed E-state index contributed by atoms with van der Waals surface area (Å²) in [6, 6.07) is 5.12. The van der Waals surface area contributed by atoms with Crippen LogP contribution in [-0.2, 0) is 0 Å². The molecule has 0 aliphatic heterocycles. The molecule has 0 spiro atoms. The number of hydrogen-bond donors (Lipinski definition) is 1. The molecule has 106 valence electrons. The summed E-state index contributed by atoms with van der Waals surface area (Å²) in [6.45, 7) is 0. The van der Waals surface area contributed by atoms with Gasteiger partial charge in [-0.3, -0.25) is 10.1 Å². The number of anilines is 1. The molecule has 2 rings (SSSR count). The van der Waals surface area contributed by atoms with E-state index in [0.29, 0.717) is 0 Å². The first kappa shape index (κ1) is 14.1. The van der Waals surface area contributed by atoms with Crippen molar-refractivity contribution in [1.82, 2.24) is 9.97 Å². The van der Waals surface area contributed by atoms with E-state index in [9.17, 15) is 14.5 Å². The second kappa shape index (κ2) is 5.79. The van der Waals surface area contributed by atoms with Crippen LogP contribution in [0.3, 0.4) is 0 Å². The fourth-order valence-corrected chi connectivity index (χ4v) is 1.44. The lowest BCUT2D eigenvalue weighted by Crippen LogP contribution is -2.02. The van der Waals surface area contributed by atoms with E-state index in [4.69, 9.17) is 10.00 Å². The van der Waals surface area contributed by atoms with E-state index in [-0.39, 0.29) is 23.1 Å². The van der Waals surface area contributed by atoms with Crippen molar-refractivity contribution in [2.75, 3.05) is 12.4 Å². The minimum Gasteiger partial charge on any atom is -0.433 e. The first-order valence-electron chi connectivity index (χ1n) is 5.62. The minimum absolute atomic E-state index is 0.0182. The van der Waals surface area contributed by atoms with Gasteiger partial charge in [0.05, 0.1) is 10.5 Å². The average Bonchev–Trinajstić information content (AvgIpc) is 2.47. The van der Waals surface area contributed by atoms with Crippen LogP contribution in [0, 0.1) is 27.3 Å². The zero-order valence-electron chi connectivity index (χ0n) is 10.7. The third kappa shape index (κ3) is 3.01. The van der Waals surface area contributed by atoms with Gasteiger partial charge in [0.2, 0.25) is 5.95 Å². The molecule has 0 fully saturated rings. The second-order valence-corrected chi connectivity index (χ2v) is 3.75. The van der Waals surface area contributed by atoms with Crippen LogP contribution in [0.15, 0.2) is 24.4 Å². The molecule has 0 saturated carbocycles. The van der Waals surface area contributed by atoms with E-state index in [2.05, 4.69) is 15.3 Å². The molecule has 0 aliphatic carbocycles. The van der Waals surface area contributed by atoms with Gasteiger partial charge in [0, 0.05) is 13.1 Å². The smallest absolute Gasteiger partial charge is 0.349 e. The molecule has 0 unspecified atom stereocenters. The van der Waals surface area contributed by atoms with Crippen LogP contribution >= 0.6 is 0 Å². The Balaban J connectivity index is 2.40. The van der Waals surface area contributed by atoms with E-state index < -0.39 is 16.4 Å². The number of rotatable bonds is 4.